The summed E-state index contributed by atoms with van der Waals surface area (Å²) >= 11 is 0. The number of likely N-dealkylation sites (tertiary alicyclic amines) is 1. The molecule has 27 heavy (non-hydrogen) atoms. The van der Waals surface area contributed by atoms with Crippen LogP contribution in [-0.4, -0.2) is 69.2 Å². The number of H-pyrrole nitrogens is 1. The Bertz CT molecular complexity index is 803. The van der Waals surface area contributed by atoms with Crippen molar-refractivity contribution in [2.75, 3.05) is 33.7 Å². The van der Waals surface area contributed by atoms with Crippen LogP contribution < -0.4 is 0 Å². The van der Waals surface area contributed by atoms with Gasteiger partial charge in [0.2, 0.25) is 0 Å². The van der Waals surface area contributed by atoms with Crippen LogP contribution in [0.5, 0.6) is 0 Å². The SMILES string of the molecule is Cc1[nH]nc(C2CC2)c1C(=O)N1CCC[C@@H](c2nccn2CCN(C)C)C1. The molecule has 3 heterocycles. The molecule has 4 rings (SSSR count). The number of imidazole rings is 1. The van der Waals surface area contributed by atoms with E-state index in [1.165, 1.54) is 0 Å². The van der Waals surface area contributed by atoms with Crippen LogP contribution in [0.4, 0.5) is 0 Å². The molecule has 0 unspecified atom stereocenters. The highest BCUT2D eigenvalue weighted by molar-refractivity contribution is 5.96. The van der Waals surface area contributed by atoms with E-state index in [4.69, 9.17) is 0 Å². The molecule has 1 amide bonds. The number of hydrogen-bond donors (Lipinski definition) is 1. The fraction of sp³-hybridized carbons (Fsp3) is 0.650. The Kier molecular flexibility index (Phi) is 5.04. The lowest BCUT2D eigenvalue weighted by Gasteiger charge is -2.33. The standard InChI is InChI=1S/C20H30N6O/c1-14-17(18(23-22-14)15-6-7-15)20(27)26-9-4-5-16(13-26)19-21-8-10-25(19)12-11-24(2)3/h8,10,15-16H,4-7,9,11-13H2,1-3H3,(H,22,23)/t16-/m1/s1. The first-order chi connectivity index (χ1) is 13.0. The molecule has 1 N–H and O–H groups in total. The summed E-state index contributed by atoms with van der Waals surface area (Å²) in [5.74, 6) is 2.02. The predicted octanol–water partition coefficient (Wildman–Crippen LogP) is 2.37. The number of aromatic nitrogens is 4. The van der Waals surface area contributed by atoms with E-state index in [2.05, 4.69) is 44.9 Å². The second kappa shape index (κ2) is 7.46. The average molecular weight is 371 g/mol. The van der Waals surface area contributed by atoms with E-state index >= 15 is 0 Å². The highest BCUT2D eigenvalue weighted by atomic mass is 16.2. The van der Waals surface area contributed by atoms with Gasteiger partial charge in [-0.05, 0) is 46.7 Å². The number of carbonyl (C=O) groups excluding carboxylic acids is 1. The summed E-state index contributed by atoms with van der Waals surface area (Å²) in [6, 6.07) is 0. The minimum absolute atomic E-state index is 0.138. The van der Waals surface area contributed by atoms with Gasteiger partial charge in [0.25, 0.3) is 5.91 Å². The number of nitrogens with one attached hydrogen (secondary N) is 1. The quantitative estimate of drug-likeness (QED) is 0.848. The monoisotopic (exact) mass is 370 g/mol. The molecular formula is C20H30N6O. The van der Waals surface area contributed by atoms with Crippen molar-refractivity contribution in [2.45, 2.75) is 51.0 Å². The maximum atomic E-state index is 13.3. The third kappa shape index (κ3) is 3.78. The maximum absolute atomic E-state index is 13.3. The zero-order chi connectivity index (χ0) is 19.0. The summed E-state index contributed by atoms with van der Waals surface area (Å²) < 4.78 is 2.25. The Morgan fingerprint density at radius 2 is 2.11 bits per heavy atom. The highest BCUT2D eigenvalue weighted by Gasteiger charge is 2.35. The van der Waals surface area contributed by atoms with Gasteiger partial charge in [-0.2, -0.15) is 5.10 Å². The smallest absolute Gasteiger partial charge is 0.257 e. The largest absolute Gasteiger partial charge is 0.338 e. The molecule has 1 saturated carbocycles. The molecule has 2 aromatic rings. The molecule has 1 atom stereocenters. The van der Waals surface area contributed by atoms with E-state index in [-0.39, 0.29) is 5.91 Å². The lowest BCUT2D eigenvalue weighted by molar-refractivity contribution is 0.0701. The predicted molar refractivity (Wildman–Crippen MR) is 104 cm³/mol. The Morgan fingerprint density at radius 1 is 1.30 bits per heavy atom. The van der Waals surface area contributed by atoms with E-state index in [1.807, 2.05) is 18.0 Å². The first kappa shape index (κ1) is 18.2. The number of aryl methyl sites for hydroxylation is 1. The summed E-state index contributed by atoms with van der Waals surface area (Å²) in [5, 5.41) is 7.46. The zero-order valence-electron chi connectivity index (χ0n) is 16.6. The molecular weight excluding hydrogens is 340 g/mol. The molecule has 0 bridgehead atoms. The van der Waals surface area contributed by atoms with Gasteiger partial charge in [-0.1, -0.05) is 0 Å². The fourth-order valence-electron chi connectivity index (χ4n) is 4.08. The van der Waals surface area contributed by atoms with Crippen LogP contribution in [0.2, 0.25) is 0 Å². The minimum atomic E-state index is 0.138. The number of amides is 1. The van der Waals surface area contributed by atoms with E-state index in [0.29, 0.717) is 11.8 Å². The molecule has 2 fully saturated rings. The molecule has 1 saturated heterocycles. The Labute approximate surface area is 160 Å². The van der Waals surface area contributed by atoms with Crippen LogP contribution >= 0.6 is 0 Å². The number of likely N-dealkylation sites (N-methyl/N-ethyl adjacent to an activating group) is 1. The summed E-state index contributed by atoms with van der Waals surface area (Å²) in [4.78, 5) is 22.1. The van der Waals surface area contributed by atoms with Crippen LogP contribution in [0, 0.1) is 6.92 Å². The van der Waals surface area contributed by atoms with E-state index < -0.39 is 0 Å². The van der Waals surface area contributed by atoms with Crippen molar-refractivity contribution >= 4 is 5.91 Å². The first-order valence-corrected chi connectivity index (χ1v) is 10.0. The molecule has 0 spiro atoms. The van der Waals surface area contributed by atoms with Gasteiger partial charge in [-0.25, -0.2) is 4.98 Å². The van der Waals surface area contributed by atoms with Gasteiger partial charge < -0.3 is 14.4 Å². The zero-order valence-corrected chi connectivity index (χ0v) is 16.6. The minimum Gasteiger partial charge on any atom is -0.338 e. The van der Waals surface area contributed by atoms with Crippen LogP contribution in [-0.2, 0) is 6.54 Å². The number of carbonyl (C=O) groups is 1. The third-order valence-corrected chi connectivity index (χ3v) is 5.76. The van der Waals surface area contributed by atoms with Crippen LogP contribution in [0.1, 0.15) is 65.1 Å². The van der Waals surface area contributed by atoms with E-state index in [0.717, 1.165) is 74.6 Å². The molecule has 146 valence electrons. The van der Waals surface area contributed by atoms with Crippen molar-refractivity contribution in [2.24, 2.45) is 0 Å². The highest BCUT2D eigenvalue weighted by Crippen LogP contribution is 2.41. The number of piperidine rings is 1. The molecule has 1 aliphatic carbocycles. The summed E-state index contributed by atoms with van der Waals surface area (Å²) in [6.07, 6.45) is 8.35. The van der Waals surface area contributed by atoms with Crippen molar-refractivity contribution in [1.82, 2.24) is 29.5 Å². The lowest BCUT2D eigenvalue weighted by Crippen LogP contribution is -2.40. The van der Waals surface area contributed by atoms with Crippen molar-refractivity contribution in [3.63, 3.8) is 0 Å². The Hall–Kier alpha value is -2.15. The summed E-state index contributed by atoms with van der Waals surface area (Å²) in [6.45, 7) is 5.44. The van der Waals surface area contributed by atoms with Crippen molar-refractivity contribution < 1.29 is 4.79 Å². The van der Waals surface area contributed by atoms with E-state index in [1.54, 1.807) is 0 Å². The van der Waals surface area contributed by atoms with E-state index in [9.17, 15) is 4.79 Å². The molecule has 2 aromatic heterocycles. The normalized spacial score (nSPS) is 20.4. The van der Waals surface area contributed by atoms with Gasteiger partial charge in [-0.15, -0.1) is 0 Å². The lowest BCUT2D eigenvalue weighted by atomic mass is 9.96. The topological polar surface area (TPSA) is 70.0 Å². The number of hydrogen-bond acceptors (Lipinski definition) is 4. The summed E-state index contributed by atoms with van der Waals surface area (Å²) in [7, 11) is 4.17. The molecule has 0 radical (unpaired) electrons. The molecule has 7 nitrogen and oxygen atoms in total. The van der Waals surface area contributed by atoms with Gasteiger partial charge in [0, 0.05) is 56.1 Å². The van der Waals surface area contributed by atoms with Gasteiger partial charge in [-0.3, -0.25) is 9.89 Å². The molecule has 2 aliphatic rings. The van der Waals surface area contributed by atoms with Crippen LogP contribution in [0.3, 0.4) is 0 Å². The van der Waals surface area contributed by atoms with Crippen LogP contribution in [0.25, 0.3) is 0 Å². The Morgan fingerprint density at radius 3 is 2.85 bits per heavy atom. The van der Waals surface area contributed by atoms with Crippen LogP contribution in [0.15, 0.2) is 12.4 Å². The molecule has 7 heteroatoms. The Balaban J connectivity index is 1.50. The van der Waals surface area contributed by atoms with Crippen molar-refractivity contribution in [3.8, 4) is 0 Å². The second-order valence-corrected chi connectivity index (χ2v) is 8.26. The second-order valence-electron chi connectivity index (χ2n) is 8.26. The summed E-state index contributed by atoms with van der Waals surface area (Å²) in [5.41, 5.74) is 2.69. The third-order valence-electron chi connectivity index (χ3n) is 5.76. The first-order valence-electron chi connectivity index (χ1n) is 10.0. The fourth-order valence-corrected chi connectivity index (χ4v) is 4.08. The maximum Gasteiger partial charge on any atom is 0.257 e. The van der Waals surface area contributed by atoms with Crippen molar-refractivity contribution in [1.29, 1.82) is 0 Å². The van der Waals surface area contributed by atoms with Gasteiger partial charge >= 0.3 is 0 Å². The number of aromatic amines is 1. The number of nitrogens with zero attached hydrogens (tertiary/aromatic N) is 5. The van der Waals surface area contributed by atoms with Gasteiger partial charge in [0.05, 0.1) is 11.3 Å². The average Bonchev–Trinajstić information content (AvgIpc) is 3.27. The van der Waals surface area contributed by atoms with Crippen molar-refractivity contribution in [3.05, 3.63) is 35.2 Å². The molecule has 1 aliphatic heterocycles. The molecule has 0 aromatic carbocycles. The van der Waals surface area contributed by atoms with Gasteiger partial charge in [0.15, 0.2) is 0 Å². The van der Waals surface area contributed by atoms with Gasteiger partial charge in [0.1, 0.15) is 5.82 Å². The number of rotatable bonds is 6.